The van der Waals surface area contributed by atoms with E-state index in [9.17, 15) is 8.42 Å². The number of rotatable bonds is 6. The normalized spacial score (nSPS) is 23.4. The van der Waals surface area contributed by atoms with Crippen molar-refractivity contribution in [3.05, 3.63) is 12.0 Å². The van der Waals surface area contributed by atoms with E-state index in [1.807, 2.05) is 18.4 Å². The molecule has 2 rings (SSSR count). The number of hydrogen-bond acceptors (Lipinski definition) is 4. The fourth-order valence-electron chi connectivity index (χ4n) is 3.08. The van der Waals surface area contributed by atoms with Crippen LogP contribution in [0, 0.1) is 18.8 Å². The van der Waals surface area contributed by atoms with Gasteiger partial charge in [0.1, 0.15) is 5.82 Å². The molecule has 1 aliphatic rings. The topological polar surface area (TPSA) is 90.0 Å². The molecule has 1 heterocycles. The van der Waals surface area contributed by atoms with E-state index in [2.05, 4.69) is 9.71 Å². The highest BCUT2D eigenvalue weighted by Crippen LogP contribution is 2.29. The van der Waals surface area contributed by atoms with Gasteiger partial charge in [0.15, 0.2) is 5.03 Å². The number of nitrogens with one attached hydrogen (secondary N) is 1. The van der Waals surface area contributed by atoms with Crippen molar-refractivity contribution in [1.82, 2.24) is 14.3 Å². The summed E-state index contributed by atoms with van der Waals surface area (Å²) in [5.74, 6) is 1.49. The standard InChI is InChI=1S/C14H26N4O2S/c1-3-18-10-14(17-11(18)2)21(19,20)16-9-13-7-5-4-6-12(13)8-15/h10,12-13,16H,3-9,15H2,1-2H3. The highest BCUT2D eigenvalue weighted by atomic mass is 32.2. The van der Waals surface area contributed by atoms with Gasteiger partial charge in [-0.25, -0.2) is 18.1 Å². The Labute approximate surface area is 127 Å². The molecule has 1 fully saturated rings. The Hall–Kier alpha value is -0.920. The third-order valence-electron chi connectivity index (χ3n) is 4.47. The van der Waals surface area contributed by atoms with Gasteiger partial charge in [0.25, 0.3) is 10.0 Å². The van der Waals surface area contributed by atoms with Gasteiger partial charge in [0.2, 0.25) is 0 Å². The Morgan fingerprint density at radius 2 is 2.05 bits per heavy atom. The number of aromatic nitrogens is 2. The Balaban J connectivity index is 2.03. The largest absolute Gasteiger partial charge is 0.334 e. The minimum atomic E-state index is -3.53. The van der Waals surface area contributed by atoms with Crippen LogP contribution in [0.15, 0.2) is 11.2 Å². The number of sulfonamides is 1. The van der Waals surface area contributed by atoms with Crippen LogP contribution in [0.3, 0.4) is 0 Å². The third kappa shape index (κ3) is 3.84. The van der Waals surface area contributed by atoms with Crippen LogP contribution in [0.1, 0.15) is 38.4 Å². The quantitative estimate of drug-likeness (QED) is 0.827. The van der Waals surface area contributed by atoms with Gasteiger partial charge in [-0.3, -0.25) is 0 Å². The predicted molar refractivity (Wildman–Crippen MR) is 82.3 cm³/mol. The number of nitrogens with two attached hydrogens (primary N) is 1. The average Bonchev–Trinajstić information content (AvgIpc) is 2.87. The minimum Gasteiger partial charge on any atom is -0.334 e. The summed E-state index contributed by atoms with van der Waals surface area (Å²) in [5, 5.41) is 0.113. The Bertz CT molecular complexity index is 568. The van der Waals surface area contributed by atoms with Crippen LogP contribution in [-0.2, 0) is 16.6 Å². The first-order valence-corrected chi connectivity index (χ1v) is 9.19. The summed E-state index contributed by atoms with van der Waals surface area (Å²) < 4.78 is 29.2. The van der Waals surface area contributed by atoms with E-state index in [-0.39, 0.29) is 5.03 Å². The highest BCUT2D eigenvalue weighted by Gasteiger charge is 2.26. The summed E-state index contributed by atoms with van der Waals surface area (Å²) in [5.41, 5.74) is 5.79. The van der Waals surface area contributed by atoms with Crippen molar-refractivity contribution in [2.24, 2.45) is 17.6 Å². The van der Waals surface area contributed by atoms with Gasteiger partial charge in [0.05, 0.1) is 0 Å². The van der Waals surface area contributed by atoms with Crippen molar-refractivity contribution in [2.75, 3.05) is 13.1 Å². The molecule has 6 nitrogen and oxygen atoms in total. The molecule has 1 aromatic rings. The molecule has 0 amide bonds. The Kier molecular flexibility index (Phi) is 5.40. The maximum Gasteiger partial charge on any atom is 0.259 e. The smallest absolute Gasteiger partial charge is 0.259 e. The van der Waals surface area contributed by atoms with Crippen molar-refractivity contribution in [1.29, 1.82) is 0 Å². The molecular weight excluding hydrogens is 288 g/mol. The summed E-state index contributed by atoms with van der Waals surface area (Å²) >= 11 is 0. The molecule has 0 spiro atoms. The zero-order valence-electron chi connectivity index (χ0n) is 12.9. The van der Waals surface area contributed by atoms with Crippen LogP contribution >= 0.6 is 0 Å². The number of hydrogen-bond donors (Lipinski definition) is 2. The second-order valence-corrected chi connectivity index (χ2v) is 7.52. The van der Waals surface area contributed by atoms with Crippen LogP contribution in [0.5, 0.6) is 0 Å². The summed E-state index contributed by atoms with van der Waals surface area (Å²) in [7, 11) is -3.53. The first-order chi connectivity index (χ1) is 9.97. The molecule has 0 saturated heterocycles. The minimum absolute atomic E-state index is 0.113. The zero-order valence-corrected chi connectivity index (χ0v) is 13.7. The number of nitrogens with zero attached hydrogens (tertiary/aromatic N) is 2. The molecule has 0 aliphatic heterocycles. The summed E-state index contributed by atoms with van der Waals surface area (Å²) in [6, 6.07) is 0. The molecular formula is C14H26N4O2S. The lowest BCUT2D eigenvalue weighted by Gasteiger charge is -2.30. The van der Waals surface area contributed by atoms with Crippen LogP contribution in [0.25, 0.3) is 0 Å². The van der Waals surface area contributed by atoms with Crippen molar-refractivity contribution >= 4 is 10.0 Å². The molecule has 3 N–H and O–H groups in total. The summed E-state index contributed by atoms with van der Waals surface area (Å²) in [4.78, 5) is 4.14. The second-order valence-electron chi connectivity index (χ2n) is 5.80. The summed E-state index contributed by atoms with van der Waals surface area (Å²) in [6.07, 6.45) is 6.11. The van der Waals surface area contributed by atoms with E-state index >= 15 is 0 Å². The monoisotopic (exact) mass is 314 g/mol. The molecule has 1 aliphatic carbocycles. The van der Waals surface area contributed by atoms with Crippen LogP contribution in [-0.4, -0.2) is 31.1 Å². The van der Waals surface area contributed by atoms with Gasteiger partial charge in [-0.15, -0.1) is 0 Å². The number of aryl methyl sites for hydroxylation is 2. The van der Waals surface area contributed by atoms with Crippen molar-refractivity contribution in [2.45, 2.75) is 51.1 Å². The molecule has 7 heteroatoms. The fraction of sp³-hybridized carbons (Fsp3) is 0.786. The van der Waals surface area contributed by atoms with E-state index in [1.165, 1.54) is 6.42 Å². The van der Waals surface area contributed by atoms with Crippen molar-refractivity contribution in [3.8, 4) is 0 Å². The summed E-state index contributed by atoms with van der Waals surface area (Å²) in [6.45, 7) is 5.59. The van der Waals surface area contributed by atoms with Gasteiger partial charge in [-0.05, 0) is 45.1 Å². The van der Waals surface area contributed by atoms with Crippen LogP contribution in [0.2, 0.25) is 0 Å². The van der Waals surface area contributed by atoms with Gasteiger partial charge < -0.3 is 10.3 Å². The first-order valence-electron chi connectivity index (χ1n) is 7.71. The van der Waals surface area contributed by atoms with Crippen LogP contribution in [0.4, 0.5) is 0 Å². The highest BCUT2D eigenvalue weighted by molar-refractivity contribution is 7.89. The molecule has 0 aromatic carbocycles. The lowest BCUT2D eigenvalue weighted by Crippen LogP contribution is -2.37. The van der Waals surface area contributed by atoms with E-state index in [4.69, 9.17) is 5.73 Å². The molecule has 2 unspecified atom stereocenters. The molecule has 2 atom stereocenters. The fourth-order valence-corrected chi connectivity index (χ4v) is 4.18. The predicted octanol–water partition coefficient (Wildman–Crippen LogP) is 1.25. The third-order valence-corrected chi connectivity index (χ3v) is 5.77. The van der Waals surface area contributed by atoms with E-state index in [0.29, 0.717) is 31.5 Å². The molecule has 1 saturated carbocycles. The van der Waals surface area contributed by atoms with Gasteiger partial charge in [-0.2, -0.15) is 0 Å². The lowest BCUT2D eigenvalue weighted by atomic mass is 9.79. The van der Waals surface area contributed by atoms with Gasteiger partial charge in [-0.1, -0.05) is 12.8 Å². The molecule has 21 heavy (non-hydrogen) atoms. The average molecular weight is 314 g/mol. The van der Waals surface area contributed by atoms with Gasteiger partial charge >= 0.3 is 0 Å². The Morgan fingerprint density at radius 3 is 2.62 bits per heavy atom. The molecule has 0 radical (unpaired) electrons. The Morgan fingerprint density at radius 1 is 1.38 bits per heavy atom. The zero-order chi connectivity index (χ0) is 15.5. The van der Waals surface area contributed by atoms with Crippen molar-refractivity contribution in [3.63, 3.8) is 0 Å². The maximum atomic E-state index is 12.3. The molecule has 1 aromatic heterocycles. The SMILES string of the molecule is CCn1cc(S(=O)(=O)NCC2CCCCC2CN)nc1C. The lowest BCUT2D eigenvalue weighted by molar-refractivity contribution is 0.244. The maximum absolute atomic E-state index is 12.3. The van der Waals surface area contributed by atoms with Crippen LogP contribution < -0.4 is 10.5 Å². The number of imidazole rings is 1. The van der Waals surface area contributed by atoms with Crippen molar-refractivity contribution < 1.29 is 8.42 Å². The molecule has 0 bridgehead atoms. The van der Waals surface area contributed by atoms with Gasteiger partial charge in [0, 0.05) is 19.3 Å². The van der Waals surface area contributed by atoms with E-state index in [1.54, 1.807) is 6.20 Å². The van der Waals surface area contributed by atoms with E-state index < -0.39 is 10.0 Å². The second kappa shape index (κ2) is 6.89. The first kappa shape index (κ1) is 16.5. The molecule has 120 valence electrons. The van der Waals surface area contributed by atoms with E-state index in [0.717, 1.165) is 25.1 Å².